The van der Waals surface area contributed by atoms with E-state index in [0.29, 0.717) is 31.7 Å². The highest BCUT2D eigenvalue weighted by Crippen LogP contribution is 2.26. The van der Waals surface area contributed by atoms with E-state index in [0.717, 1.165) is 22.5 Å². The number of ether oxygens (including phenoxy) is 1. The van der Waals surface area contributed by atoms with Gasteiger partial charge in [-0.05, 0) is 32.9 Å². The van der Waals surface area contributed by atoms with Crippen molar-refractivity contribution in [2.75, 3.05) is 26.2 Å². The SMILES string of the molecule is CC(C)(C)OC(=O)N1CCN(C(=O)c2cc(-c3ccccc3)nc(-c3ccccc3)c2)CC1. The van der Waals surface area contributed by atoms with Gasteiger partial charge in [-0.15, -0.1) is 0 Å². The van der Waals surface area contributed by atoms with E-state index in [-0.39, 0.29) is 12.0 Å². The molecule has 0 spiro atoms. The zero-order chi connectivity index (χ0) is 23.4. The fourth-order valence-corrected chi connectivity index (χ4v) is 3.77. The van der Waals surface area contributed by atoms with Crippen molar-refractivity contribution in [3.8, 4) is 22.5 Å². The molecule has 0 N–H and O–H groups in total. The Bertz CT molecular complexity index is 1060. The molecule has 0 unspecified atom stereocenters. The number of carbonyl (C=O) groups is 2. The van der Waals surface area contributed by atoms with Gasteiger partial charge in [0.15, 0.2) is 0 Å². The van der Waals surface area contributed by atoms with Crippen LogP contribution < -0.4 is 0 Å². The molecule has 3 aromatic rings. The van der Waals surface area contributed by atoms with E-state index >= 15 is 0 Å². The molecule has 1 aliphatic heterocycles. The molecule has 4 rings (SSSR count). The Hall–Kier alpha value is -3.67. The third-order valence-corrected chi connectivity index (χ3v) is 5.43. The van der Waals surface area contributed by atoms with Crippen molar-refractivity contribution in [3.63, 3.8) is 0 Å². The normalized spacial score (nSPS) is 14.2. The van der Waals surface area contributed by atoms with Crippen LogP contribution in [0.4, 0.5) is 4.79 Å². The Morgan fingerprint density at radius 3 is 1.67 bits per heavy atom. The number of carbonyl (C=O) groups excluding carboxylic acids is 2. The second kappa shape index (κ2) is 9.45. The van der Waals surface area contributed by atoms with Crippen molar-refractivity contribution in [1.82, 2.24) is 14.8 Å². The Labute approximate surface area is 194 Å². The Morgan fingerprint density at radius 2 is 1.21 bits per heavy atom. The zero-order valence-corrected chi connectivity index (χ0v) is 19.3. The number of piperazine rings is 1. The van der Waals surface area contributed by atoms with E-state index < -0.39 is 5.60 Å². The number of amides is 2. The van der Waals surface area contributed by atoms with Gasteiger partial charge < -0.3 is 14.5 Å². The van der Waals surface area contributed by atoms with E-state index in [4.69, 9.17) is 9.72 Å². The number of nitrogens with zero attached hydrogens (tertiary/aromatic N) is 3. The Morgan fingerprint density at radius 1 is 0.758 bits per heavy atom. The summed E-state index contributed by atoms with van der Waals surface area (Å²) in [6, 6.07) is 23.4. The smallest absolute Gasteiger partial charge is 0.410 e. The lowest BCUT2D eigenvalue weighted by Crippen LogP contribution is -2.51. The number of hydrogen-bond donors (Lipinski definition) is 0. The second-order valence-electron chi connectivity index (χ2n) is 9.12. The van der Waals surface area contributed by atoms with Crippen LogP contribution in [-0.2, 0) is 4.74 Å². The maximum atomic E-state index is 13.4. The van der Waals surface area contributed by atoms with Gasteiger partial charge in [0.2, 0.25) is 0 Å². The van der Waals surface area contributed by atoms with Crippen LogP contribution in [0, 0.1) is 0 Å². The molecule has 0 bridgehead atoms. The van der Waals surface area contributed by atoms with Gasteiger partial charge in [-0.25, -0.2) is 9.78 Å². The van der Waals surface area contributed by atoms with Gasteiger partial charge in [0.25, 0.3) is 5.91 Å². The van der Waals surface area contributed by atoms with E-state index in [9.17, 15) is 9.59 Å². The monoisotopic (exact) mass is 443 g/mol. The molecule has 2 heterocycles. The molecule has 33 heavy (non-hydrogen) atoms. The standard InChI is InChI=1S/C27H29N3O3/c1-27(2,3)33-26(32)30-16-14-29(15-17-30)25(31)22-18-23(20-10-6-4-7-11-20)28-24(19-22)21-12-8-5-9-13-21/h4-13,18-19H,14-17H2,1-3H3. The van der Waals surface area contributed by atoms with E-state index in [1.54, 1.807) is 9.80 Å². The van der Waals surface area contributed by atoms with Gasteiger partial charge >= 0.3 is 6.09 Å². The van der Waals surface area contributed by atoms with E-state index in [2.05, 4.69) is 0 Å². The fourth-order valence-electron chi connectivity index (χ4n) is 3.77. The van der Waals surface area contributed by atoms with Crippen molar-refractivity contribution in [3.05, 3.63) is 78.4 Å². The van der Waals surface area contributed by atoms with Crippen molar-refractivity contribution in [2.45, 2.75) is 26.4 Å². The van der Waals surface area contributed by atoms with Gasteiger partial charge in [-0.3, -0.25) is 4.79 Å². The second-order valence-corrected chi connectivity index (χ2v) is 9.12. The quantitative estimate of drug-likeness (QED) is 0.564. The highest BCUT2D eigenvalue weighted by atomic mass is 16.6. The molecule has 6 heteroatoms. The molecule has 2 amide bonds. The predicted octanol–water partition coefficient (Wildman–Crippen LogP) is 5.11. The molecular formula is C27H29N3O3. The Kier molecular flexibility index (Phi) is 6.45. The van der Waals surface area contributed by atoms with Crippen molar-refractivity contribution in [2.24, 2.45) is 0 Å². The van der Waals surface area contributed by atoms with Gasteiger partial charge in [0.05, 0.1) is 11.4 Å². The summed E-state index contributed by atoms with van der Waals surface area (Å²) >= 11 is 0. The topological polar surface area (TPSA) is 62.7 Å². The molecule has 2 aromatic carbocycles. The fraction of sp³-hybridized carbons (Fsp3) is 0.296. The summed E-state index contributed by atoms with van der Waals surface area (Å²) in [6.07, 6.45) is -0.337. The maximum absolute atomic E-state index is 13.4. The minimum atomic E-state index is -0.539. The summed E-state index contributed by atoms with van der Waals surface area (Å²) in [6.45, 7) is 7.36. The first-order chi connectivity index (χ1) is 15.8. The molecule has 0 atom stereocenters. The highest BCUT2D eigenvalue weighted by Gasteiger charge is 2.28. The van der Waals surface area contributed by atoms with Gasteiger partial charge in [-0.2, -0.15) is 0 Å². The first-order valence-electron chi connectivity index (χ1n) is 11.2. The molecule has 0 saturated carbocycles. The minimum absolute atomic E-state index is 0.0596. The number of aromatic nitrogens is 1. The molecule has 1 fully saturated rings. The summed E-state index contributed by atoms with van der Waals surface area (Å²) in [4.78, 5) is 34.1. The predicted molar refractivity (Wildman–Crippen MR) is 129 cm³/mol. The molecular weight excluding hydrogens is 414 g/mol. The van der Waals surface area contributed by atoms with Crippen LogP contribution in [0.2, 0.25) is 0 Å². The summed E-state index contributed by atoms with van der Waals surface area (Å²) in [5.41, 5.74) is 3.48. The summed E-state index contributed by atoms with van der Waals surface area (Å²) in [5, 5.41) is 0. The maximum Gasteiger partial charge on any atom is 0.410 e. The number of hydrogen-bond acceptors (Lipinski definition) is 4. The summed E-state index contributed by atoms with van der Waals surface area (Å²) < 4.78 is 5.46. The van der Waals surface area contributed by atoms with Crippen LogP contribution in [0.25, 0.3) is 22.5 Å². The molecule has 170 valence electrons. The molecule has 6 nitrogen and oxygen atoms in total. The minimum Gasteiger partial charge on any atom is -0.444 e. The van der Waals surface area contributed by atoms with Crippen molar-refractivity contribution < 1.29 is 14.3 Å². The number of benzene rings is 2. The summed E-state index contributed by atoms with van der Waals surface area (Å²) in [7, 11) is 0. The number of rotatable bonds is 3. The van der Waals surface area contributed by atoms with Crippen LogP contribution in [0.5, 0.6) is 0 Å². The van der Waals surface area contributed by atoms with Crippen LogP contribution >= 0.6 is 0 Å². The highest BCUT2D eigenvalue weighted by molar-refractivity contribution is 5.96. The number of pyridine rings is 1. The first-order valence-corrected chi connectivity index (χ1v) is 11.2. The van der Waals surface area contributed by atoms with Crippen molar-refractivity contribution in [1.29, 1.82) is 0 Å². The molecule has 1 saturated heterocycles. The zero-order valence-electron chi connectivity index (χ0n) is 19.3. The third kappa shape index (κ3) is 5.58. The molecule has 0 radical (unpaired) electrons. The van der Waals surface area contributed by atoms with Crippen LogP contribution in [0.3, 0.4) is 0 Å². The third-order valence-electron chi connectivity index (χ3n) is 5.43. The van der Waals surface area contributed by atoms with Gasteiger partial charge in [-0.1, -0.05) is 60.7 Å². The van der Waals surface area contributed by atoms with Crippen LogP contribution in [0.15, 0.2) is 72.8 Å². The van der Waals surface area contributed by atoms with Crippen LogP contribution in [-0.4, -0.2) is 58.6 Å². The molecule has 0 aliphatic carbocycles. The van der Waals surface area contributed by atoms with Crippen molar-refractivity contribution >= 4 is 12.0 Å². The summed E-state index contributed by atoms with van der Waals surface area (Å²) in [5.74, 6) is -0.0596. The van der Waals surface area contributed by atoms with Gasteiger partial charge in [0, 0.05) is 42.9 Å². The van der Waals surface area contributed by atoms with Crippen LogP contribution in [0.1, 0.15) is 31.1 Å². The molecule has 1 aliphatic rings. The van der Waals surface area contributed by atoms with Gasteiger partial charge in [0.1, 0.15) is 5.60 Å². The van der Waals surface area contributed by atoms with E-state index in [1.807, 2.05) is 93.6 Å². The lowest BCUT2D eigenvalue weighted by molar-refractivity contribution is 0.0141. The molecule has 1 aromatic heterocycles. The Balaban J connectivity index is 1.57. The lowest BCUT2D eigenvalue weighted by atomic mass is 10.0. The average molecular weight is 444 g/mol. The average Bonchev–Trinajstić information content (AvgIpc) is 2.83. The van der Waals surface area contributed by atoms with E-state index in [1.165, 1.54) is 0 Å². The lowest BCUT2D eigenvalue weighted by Gasteiger charge is -2.35. The largest absolute Gasteiger partial charge is 0.444 e. The first kappa shape index (κ1) is 22.5.